The van der Waals surface area contributed by atoms with Crippen molar-refractivity contribution in [1.82, 2.24) is 4.98 Å². The highest BCUT2D eigenvalue weighted by molar-refractivity contribution is 7.99. The largest absolute Gasteiger partial charge is 0.384 e. The first kappa shape index (κ1) is 11.3. The fraction of sp³-hybridized carbons (Fsp3) is 0.455. The molecule has 0 amide bonds. The summed E-state index contributed by atoms with van der Waals surface area (Å²) in [6.45, 7) is 2.07. The number of nitrogen functional groups attached to an aromatic ring is 1. The lowest BCUT2D eigenvalue weighted by Crippen LogP contribution is -2.26. The minimum Gasteiger partial charge on any atom is -0.384 e. The van der Waals surface area contributed by atoms with E-state index in [2.05, 4.69) is 9.88 Å². The normalized spacial score (nSPS) is 16.9. The van der Waals surface area contributed by atoms with Crippen molar-refractivity contribution in [2.45, 2.75) is 6.42 Å². The summed E-state index contributed by atoms with van der Waals surface area (Å²) in [6, 6.07) is 3.68. The molecule has 3 N–H and O–H groups in total. The van der Waals surface area contributed by atoms with Gasteiger partial charge in [-0.1, -0.05) is 0 Å². The number of amidine groups is 1. The molecular formula is C11H16N4S. The molecule has 1 aliphatic heterocycles. The van der Waals surface area contributed by atoms with Crippen LogP contribution in [0.1, 0.15) is 12.0 Å². The summed E-state index contributed by atoms with van der Waals surface area (Å²) in [5, 5.41) is 7.42. The SMILES string of the molecule is N=C(N)c1ccnc(N2CCCSCC2)c1. The Labute approximate surface area is 99.7 Å². The van der Waals surface area contributed by atoms with Crippen LogP contribution in [0.15, 0.2) is 18.3 Å². The van der Waals surface area contributed by atoms with E-state index in [1.54, 1.807) is 12.3 Å². The topological polar surface area (TPSA) is 66.0 Å². The highest BCUT2D eigenvalue weighted by atomic mass is 32.2. The summed E-state index contributed by atoms with van der Waals surface area (Å²) in [4.78, 5) is 6.62. The maximum Gasteiger partial charge on any atom is 0.129 e. The van der Waals surface area contributed by atoms with E-state index in [9.17, 15) is 0 Å². The van der Waals surface area contributed by atoms with Crippen LogP contribution in [-0.4, -0.2) is 35.4 Å². The summed E-state index contributed by atoms with van der Waals surface area (Å²) in [6.07, 6.45) is 2.92. The Morgan fingerprint density at radius 2 is 2.31 bits per heavy atom. The van der Waals surface area contributed by atoms with Crippen molar-refractivity contribution in [3.05, 3.63) is 23.9 Å². The van der Waals surface area contributed by atoms with Crippen molar-refractivity contribution in [3.63, 3.8) is 0 Å². The van der Waals surface area contributed by atoms with Crippen molar-refractivity contribution in [1.29, 1.82) is 5.41 Å². The summed E-state index contributed by atoms with van der Waals surface area (Å²) in [5.41, 5.74) is 6.23. The quantitative estimate of drug-likeness (QED) is 0.600. The van der Waals surface area contributed by atoms with Gasteiger partial charge in [-0.25, -0.2) is 4.98 Å². The molecule has 1 aromatic heterocycles. The fourth-order valence-corrected chi connectivity index (χ4v) is 2.62. The van der Waals surface area contributed by atoms with Gasteiger partial charge in [0.2, 0.25) is 0 Å². The summed E-state index contributed by atoms with van der Waals surface area (Å²) in [7, 11) is 0. The minimum absolute atomic E-state index is 0.104. The predicted molar refractivity (Wildman–Crippen MR) is 69.4 cm³/mol. The third-order valence-corrected chi connectivity index (χ3v) is 3.65. The van der Waals surface area contributed by atoms with Crippen molar-refractivity contribution in [2.75, 3.05) is 29.5 Å². The fourth-order valence-electron chi connectivity index (χ4n) is 1.73. The molecule has 1 fully saturated rings. The summed E-state index contributed by atoms with van der Waals surface area (Å²) in [5.74, 6) is 3.41. The van der Waals surface area contributed by atoms with E-state index < -0.39 is 0 Å². The molecule has 0 saturated carbocycles. The minimum atomic E-state index is 0.104. The van der Waals surface area contributed by atoms with Gasteiger partial charge in [-0.2, -0.15) is 11.8 Å². The second kappa shape index (κ2) is 5.21. The molecule has 0 bridgehead atoms. The van der Waals surface area contributed by atoms with E-state index in [0.717, 1.165) is 30.2 Å². The molecule has 0 radical (unpaired) electrons. The van der Waals surface area contributed by atoms with Gasteiger partial charge in [0, 0.05) is 30.6 Å². The molecule has 0 spiro atoms. The van der Waals surface area contributed by atoms with E-state index >= 15 is 0 Å². The number of nitrogens with one attached hydrogen (secondary N) is 1. The average molecular weight is 236 g/mol. The number of anilines is 1. The highest BCUT2D eigenvalue weighted by Gasteiger charge is 2.11. The first-order chi connectivity index (χ1) is 7.77. The van der Waals surface area contributed by atoms with Crippen LogP contribution in [-0.2, 0) is 0 Å². The van der Waals surface area contributed by atoms with Gasteiger partial charge in [0.05, 0.1) is 0 Å². The van der Waals surface area contributed by atoms with Crippen LogP contribution < -0.4 is 10.6 Å². The lowest BCUT2D eigenvalue weighted by molar-refractivity contribution is 0.801. The van der Waals surface area contributed by atoms with Crippen LogP contribution in [0.4, 0.5) is 5.82 Å². The Bertz CT molecular complexity index is 372. The molecule has 2 heterocycles. The van der Waals surface area contributed by atoms with Crippen molar-refractivity contribution in [2.24, 2.45) is 5.73 Å². The molecule has 1 saturated heterocycles. The van der Waals surface area contributed by atoms with Gasteiger partial charge in [0.1, 0.15) is 11.7 Å². The first-order valence-electron chi connectivity index (χ1n) is 5.40. The standard InChI is InChI=1S/C11H16N4S/c12-11(13)9-2-3-14-10(8-9)15-4-1-6-16-7-5-15/h2-3,8H,1,4-7H2,(H3,12,13). The molecular weight excluding hydrogens is 220 g/mol. The van der Waals surface area contributed by atoms with Gasteiger partial charge in [0.15, 0.2) is 0 Å². The third kappa shape index (κ3) is 2.66. The van der Waals surface area contributed by atoms with E-state index in [0.29, 0.717) is 0 Å². The van der Waals surface area contributed by atoms with Crippen molar-refractivity contribution >= 4 is 23.4 Å². The number of hydrogen-bond donors (Lipinski definition) is 2. The number of thioether (sulfide) groups is 1. The number of nitrogens with two attached hydrogens (primary N) is 1. The molecule has 0 atom stereocenters. The summed E-state index contributed by atoms with van der Waals surface area (Å²) < 4.78 is 0. The zero-order valence-corrected chi connectivity index (χ0v) is 9.96. The molecule has 1 aromatic rings. The molecule has 1 aliphatic rings. The second-order valence-corrected chi connectivity index (χ2v) is 4.99. The Hall–Kier alpha value is -1.23. The molecule has 5 heteroatoms. The van der Waals surface area contributed by atoms with E-state index in [4.69, 9.17) is 11.1 Å². The molecule has 86 valence electrons. The first-order valence-corrected chi connectivity index (χ1v) is 6.56. The van der Waals surface area contributed by atoms with Crippen LogP contribution in [0.25, 0.3) is 0 Å². The van der Waals surface area contributed by atoms with Crippen LogP contribution in [0.5, 0.6) is 0 Å². The Morgan fingerprint density at radius 1 is 1.44 bits per heavy atom. The zero-order chi connectivity index (χ0) is 11.4. The van der Waals surface area contributed by atoms with Gasteiger partial charge >= 0.3 is 0 Å². The smallest absolute Gasteiger partial charge is 0.129 e. The van der Waals surface area contributed by atoms with Crippen LogP contribution >= 0.6 is 11.8 Å². The Morgan fingerprint density at radius 3 is 3.12 bits per heavy atom. The zero-order valence-electron chi connectivity index (χ0n) is 9.15. The highest BCUT2D eigenvalue weighted by Crippen LogP contribution is 2.17. The number of rotatable bonds is 2. The monoisotopic (exact) mass is 236 g/mol. The molecule has 0 unspecified atom stereocenters. The number of nitrogens with zero attached hydrogens (tertiary/aromatic N) is 2. The molecule has 4 nitrogen and oxygen atoms in total. The van der Waals surface area contributed by atoms with Gasteiger partial charge in [-0.05, 0) is 24.3 Å². The van der Waals surface area contributed by atoms with E-state index in [1.165, 1.54) is 12.2 Å². The molecule has 0 aliphatic carbocycles. The Balaban J connectivity index is 2.18. The summed E-state index contributed by atoms with van der Waals surface area (Å²) >= 11 is 1.99. The number of hydrogen-bond acceptors (Lipinski definition) is 4. The van der Waals surface area contributed by atoms with Gasteiger partial charge in [-0.3, -0.25) is 5.41 Å². The predicted octanol–water partition coefficient (Wildman–Crippen LogP) is 1.31. The van der Waals surface area contributed by atoms with Crippen molar-refractivity contribution in [3.8, 4) is 0 Å². The van der Waals surface area contributed by atoms with Gasteiger partial charge < -0.3 is 10.6 Å². The maximum absolute atomic E-state index is 7.42. The van der Waals surface area contributed by atoms with Crippen LogP contribution in [0.3, 0.4) is 0 Å². The molecule has 16 heavy (non-hydrogen) atoms. The van der Waals surface area contributed by atoms with E-state index in [-0.39, 0.29) is 5.84 Å². The molecule has 0 aromatic carbocycles. The van der Waals surface area contributed by atoms with Crippen LogP contribution in [0, 0.1) is 5.41 Å². The molecule has 2 rings (SSSR count). The number of aromatic nitrogens is 1. The third-order valence-electron chi connectivity index (χ3n) is 2.60. The average Bonchev–Trinajstić information content (AvgIpc) is 2.57. The van der Waals surface area contributed by atoms with Gasteiger partial charge in [0.25, 0.3) is 0 Å². The van der Waals surface area contributed by atoms with Crippen molar-refractivity contribution < 1.29 is 0 Å². The lowest BCUT2D eigenvalue weighted by Gasteiger charge is -2.21. The van der Waals surface area contributed by atoms with Crippen LogP contribution in [0.2, 0.25) is 0 Å². The van der Waals surface area contributed by atoms with Gasteiger partial charge in [-0.15, -0.1) is 0 Å². The van der Waals surface area contributed by atoms with E-state index in [1.807, 2.05) is 17.8 Å². The lowest BCUT2D eigenvalue weighted by atomic mass is 10.2. The number of pyridine rings is 1. The Kier molecular flexibility index (Phi) is 3.66. The maximum atomic E-state index is 7.42. The second-order valence-electron chi connectivity index (χ2n) is 3.77.